The second-order valence-electron chi connectivity index (χ2n) is 7.10. The van der Waals surface area contributed by atoms with E-state index in [1.807, 2.05) is 75.3 Å². The van der Waals surface area contributed by atoms with Crippen molar-refractivity contribution >= 4 is 28.9 Å². The molecule has 136 valence electrons. The van der Waals surface area contributed by atoms with Gasteiger partial charge in [-0.25, -0.2) is 0 Å². The summed E-state index contributed by atoms with van der Waals surface area (Å²) in [6.45, 7) is 4.49. The second-order valence-corrected chi connectivity index (χ2v) is 7.10. The van der Waals surface area contributed by atoms with Crippen molar-refractivity contribution in [2.75, 3.05) is 35.8 Å². The van der Waals surface area contributed by atoms with E-state index >= 15 is 0 Å². The Kier molecular flexibility index (Phi) is 4.98. The maximum absolute atomic E-state index is 12.6. The first-order valence-corrected chi connectivity index (χ1v) is 8.81. The Labute approximate surface area is 154 Å². The third-order valence-electron chi connectivity index (χ3n) is 4.95. The number of nitrogens with zero attached hydrogens (tertiary/aromatic N) is 2. The number of benzene rings is 2. The summed E-state index contributed by atoms with van der Waals surface area (Å²) in [6, 6.07) is 13.6. The molecular weight excluding hydrogens is 326 g/mol. The van der Waals surface area contributed by atoms with Crippen LogP contribution in [0.25, 0.3) is 0 Å². The fourth-order valence-electron chi connectivity index (χ4n) is 3.11. The Morgan fingerprint density at radius 2 is 1.77 bits per heavy atom. The number of nitrogens with one attached hydrogen (secondary N) is 1. The average Bonchev–Trinajstić information content (AvgIpc) is 3.00. The van der Waals surface area contributed by atoms with E-state index in [2.05, 4.69) is 5.32 Å². The standard InChI is InChI=1S/C21H25N3O2/c1-14-5-8-19(11-15(14)2)24-13-16(12-20(24)25)21(26)22-17-6-9-18(10-7-17)23(3)4/h5-11,16H,12-13H2,1-4H3,(H,22,26)/t16-/m0/s1. The summed E-state index contributed by atoms with van der Waals surface area (Å²) in [6.07, 6.45) is 0.245. The third-order valence-corrected chi connectivity index (χ3v) is 4.95. The molecule has 5 heteroatoms. The fourth-order valence-corrected chi connectivity index (χ4v) is 3.11. The number of carbonyl (C=O) groups is 2. The minimum absolute atomic E-state index is 0.00337. The first-order valence-electron chi connectivity index (χ1n) is 8.81. The number of carbonyl (C=O) groups excluding carboxylic acids is 2. The first-order chi connectivity index (χ1) is 12.3. The lowest BCUT2D eigenvalue weighted by atomic mass is 10.1. The summed E-state index contributed by atoms with van der Waals surface area (Å²) in [4.78, 5) is 28.7. The van der Waals surface area contributed by atoms with Gasteiger partial charge in [-0.3, -0.25) is 9.59 Å². The van der Waals surface area contributed by atoms with Gasteiger partial charge in [-0.2, -0.15) is 0 Å². The fraction of sp³-hybridized carbons (Fsp3) is 0.333. The van der Waals surface area contributed by atoms with Gasteiger partial charge >= 0.3 is 0 Å². The van der Waals surface area contributed by atoms with Gasteiger partial charge < -0.3 is 15.1 Å². The summed E-state index contributed by atoms with van der Waals surface area (Å²) in [5.41, 5.74) is 5.02. The summed E-state index contributed by atoms with van der Waals surface area (Å²) < 4.78 is 0. The number of rotatable bonds is 4. The molecule has 1 aliphatic heterocycles. The summed E-state index contributed by atoms with van der Waals surface area (Å²) in [5.74, 6) is -0.448. The molecular formula is C21H25N3O2. The lowest BCUT2D eigenvalue weighted by molar-refractivity contribution is -0.122. The molecule has 0 spiro atoms. The van der Waals surface area contributed by atoms with Gasteiger partial charge in [0.15, 0.2) is 0 Å². The Balaban J connectivity index is 1.67. The monoisotopic (exact) mass is 351 g/mol. The van der Waals surface area contributed by atoms with Gasteiger partial charge in [-0.05, 0) is 61.4 Å². The molecule has 3 rings (SSSR count). The highest BCUT2D eigenvalue weighted by molar-refractivity contribution is 6.03. The van der Waals surface area contributed by atoms with Gasteiger partial charge in [-0.1, -0.05) is 6.07 Å². The Bertz CT molecular complexity index is 828. The number of aryl methyl sites for hydroxylation is 2. The van der Waals surface area contributed by atoms with Crippen molar-refractivity contribution in [1.29, 1.82) is 0 Å². The highest BCUT2D eigenvalue weighted by Crippen LogP contribution is 2.27. The SMILES string of the molecule is Cc1ccc(N2C[C@@H](C(=O)Nc3ccc(N(C)C)cc3)CC2=O)cc1C. The van der Waals surface area contributed by atoms with Crippen LogP contribution in [0.3, 0.4) is 0 Å². The molecule has 1 N–H and O–H groups in total. The summed E-state index contributed by atoms with van der Waals surface area (Å²) in [5, 5.41) is 2.93. The molecule has 0 saturated carbocycles. The van der Waals surface area contributed by atoms with Gasteiger partial charge in [0.25, 0.3) is 0 Å². The quantitative estimate of drug-likeness (QED) is 0.919. The van der Waals surface area contributed by atoms with E-state index in [-0.39, 0.29) is 24.2 Å². The van der Waals surface area contributed by atoms with Gasteiger partial charge in [0, 0.05) is 44.1 Å². The largest absolute Gasteiger partial charge is 0.378 e. The molecule has 1 fully saturated rings. The third kappa shape index (κ3) is 3.72. The van der Waals surface area contributed by atoms with Crippen LogP contribution in [0.1, 0.15) is 17.5 Å². The molecule has 0 aromatic heterocycles. The molecule has 1 aliphatic rings. The van der Waals surface area contributed by atoms with Crippen molar-refractivity contribution < 1.29 is 9.59 Å². The zero-order valence-corrected chi connectivity index (χ0v) is 15.7. The number of hydrogen-bond acceptors (Lipinski definition) is 3. The van der Waals surface area contributed by atoms with Crippen molar-refractivity contribution in [2.24, 2.45) is 5.92 Å². The van der Waals surface area contributed by atoms with Gasteiger partial charge in [0.2, 0.25) is 11.8 Å². The van der Waals surface area contributed by atoms with E-state index in [0.29, 0.717) is 6.54 Å². The van der Waals surface area contributed by atoms with Crippen molar-refractivity contribution in [2.45, 2.75) is 20.3 Å². The molecule has 1 saturated heterocycles. The van der Waals surface area contributed by atoms with Crippen LogP contribution >= 0.6 is 0 Å². The van der Waals surface area contributed by atoms with Crippen molar-refractivity contribution in [3.8, 4) is 0 Å². The van der Waals surface area contributed by atoms with Crippen LogP contribution in [0.4, 0.5) is 17.1 Å². The van der Waals surface area contributed by atoms with E-state index in [4.69, 9.17) is 0 Å². The first kappa shape index (κ1) is 18.0. The maximum atomic E-state index is 12.6. The van der Waals surface area contributed by atoms with Gasteiger partial charge in [0.05, 0.1) is 5.92 Å². The smallest absolute Gasteiger partial charge is 0.229 e. The van der Waals surface area contributed by atoms with Crippen LogP contribution in [0, 0.1) is 19.8 Å². The molecule has 0 radical (unpaired) electrons. The molecule has 2 aromatic carbocycles. The molecule has 1 heterocycles. The van der Waals surface area contributed by atoms with Crippen molar-refractivity contribution in [1.82, 2.24) is 0 Å². The van der Waals surface area contributed by atoms with Gasteiger partial charge in [0.1, 0.15) is 0 Å². The van der Waals surface area contributed by atoms with Crippen molar-refractivity contribution in [3.05, 3.63) is 53.6 Å². The van der Waals surface area contributed by atoms with Gasteiger partial charge in [-0.15, -0.1) is 0 Å². The van der Waals surface area contributed by atoms with E-state index in [1.165, 1.54) is 5.56 Å². The van der Waals surface area contributed by atoms with Crippen LogP contribution in [0.2, 0.25) is 0 Å². The number of anilines is 3. The molecule has 1 atom stereocenters. The zero-order chi connectivity index (χ0) is 18.8. The molecule has 5 nitrogen and oxygen atoms in total. The van der Waals surface area contributed by atoms with E-state index in [0.717, 1.165) is 22.6 Å². The lowest BCUT2D eigenvalue weighted by Crippen LogP contribution is -2.28. The Hall–Kier alpha value is -2.82. The van der Waals surface area contributed by atoms with Crippen LogP contribution in [-0.2, 0) is 9.59 Å². The predicted octanol–water partition coefficient (Wildman–Crippen LogP) is 3.36. The topological polar surface area (TPSA) is 52.7 Å². The average molecular weight is 351 g/mol. The zero-order valence-electron chi connectivity index (χ0n) is 15.7. The molecule has 0 aliphatic carbocycles. The predicted molar refractivity (Wildman–Crippen MR) is 106 cm³/mol. The van der Waals surface area contributed by atoms with Crippen LogP contribution in [0.5, 0.6) is 0 Å². The highest BCUT2D eigenvalue weighted by atomic mass is 16.2. The maximum Gasteiger partial charge on any atom is 0.229 e. The van der Waals surface area contributed by atoms with E-state index in [1.54, 1.807) is 4.90 Å². The van der Waals surface area contributed by atoms with Crippen LogP contribution < -0.4 is 15.1 Å². The minimum atomic E-state index is -0.336. The summed E-state index contributed by atoms with van der Waals surface area (Å²) >= 11 is 0. The second kappa shape index (κ2) is 7.20. The molecule has 0 bridgehead atoms. The van der Waals surface area contributed by atoms with Crippen molar-refractivity contribution in [3.63, 3.8) is 0 Å². The lowest BCUT2D eigenvalue weighted by Gasteiger charge is -2.18. The molecule has 26 heavy (non-hydrogen) atoms. The number of hydrogen-bond donors (Lipinski definition) is 1. The van der Waals surface area contributed by atoms with E-state index < -0.39 is 0 Å². The Morgan fingerprint density at radius 1 is 1.08 bits per heavy atom. The summed E-state index contributed by atoms with van der Waals surface area (Å²) in [7, 11) is 3.94. The number of amides is 2. The highest BCUT2D eigenvalue weighted by Gasteiger charge is 2.35. The molecule has 2 aromatic rings. The molecule has 2 amide bonds. The molecule has 0 unspecified atom stereocenters. The van der Waals surface area contributed by atoms with E-state index in [9.17, 15) is 9.59 Å². The normalized spacial score (nSPS) is 16.7. The van der Waals surface area contributed by atoms with Crippen LogP contribution in [0.15, 0.2) is 42.5 Å². The Morgan fingerprint density at radius 3 is 2.38 bits per heavy atom. The van der Waals surface area contributed by atoms with Crippen LogP contribution in [-0.4, -0.2) is 32.5 Å². The minimum Gasteiger partial charge on any atom is -0.378 e.